The zero-order valence-electron chi connectivity index (χ0n) is 12.3. The van der Waals surface area contributed by atoms with Crippen LogP contribution >= 0.6 is 11.3 Å². The van der Waals surface area contributed by atoms with Gasteiger partial charge >= 0.3 is 0 Å². The lowest BCUT2D eigenvalue weighted by Crippen LogP contribution is -2.27. The van der Waals surface area contributed by atoms with Gasteiger partial charge < -0.3 is 10.4 Å². The summed E-state index contributed by atoms with van der Waals surface area (Å²) in [7, 11) is 0. The van der Waals surface area contributed by atoms with Crippen molar-refractivity contribution in [2.24, 2.45) is 0 Å². The summed E-state index contributed by atoms with van der Waals surface area (Å²) in [6.07, 6.45) is 1.61. The lowest BCUT2D eigenvalue weighted by atomic mass is 10.1. The molecule has 0 unspecified atom stereocenters. The van der Waals surface area contributed by atoms with Gasteiger partial charge in [0.15, 0.2) is 5.13 Å². The van der Waals surface area contributed by atoms with E-state index in [1.807, 2.05) is 0 Å². The predicted octanol–water partition coefficient (Wildman–Crippen LogP) is 2.49. The van der Waals surface area contributed by atoms with Crippen LogP contribution in [0.25, 0.3) is 0 Å². The van der Waals surface area contributed by atoms with Gasteiger partial charge in [-0.1, -0.05) is 0 Å². The Morgan fingerprint density at radius 1 is 1.23 bits per heavy atom. The molecule has 0 saturated carbocycles. The molecule has 0 radical (unpaired) electrons. The van der Waals surface area contributed by atoms with Crippen molar-refractivity contribution in [1.82, 2.24) is 4.98 Å². The summed E-state index contributed by atoms with van der Waals surface area (Å²) < 4.78 is 0. The third-order valence-electron chi connectivity index (χ3n) is 2.68. The monoisotopic (exact) mass is 319 g/mol. The van der Waals surface area contributed by atoms with E-state index in [2.05, 4.69) is 15.6 Å². The Balaban J connectivity index is 1.95. The number of hydrogen-bond donors (Lipinski definition) is 3. The molecule has 0 aliphatic carbocycles. The van der Waals surface area contributed by atoms with E-state index < -0.39 is 5.60 Å². The first-order valence-electron chi connectivity index (χ1n) is 6.67. The van der Waals surface area contributed by atoms with E-state index >= 15 is 0 Å². The molecule has 0 spiro atoms. The summed E-state index contributed by atoms with van der Waals surface area (Å²) in [4.78, 5) is 27.6. The summed E-state index contributed by atoms with van der Waals surface area (Å²) in [6.45, 7) is 3.14. The topological polar surface area (TPSA) is 91.3 Å². The zero-order chi connectivity index (χ0) is 16.2. The molecule has 116 valence electrons. The Morgan fingerprint density at radius 3 is 2.45 bits per heavy atom. The maximum absolute atomic E-state index is 12.0. The molecular formula is C15H17N3O3S. The molecule has 2 rings (SSSR count). The Labute approximate surface area is 132 Å². The summed E-state index contributed by atoms with van der Waals surface area (Å²) in [5.41, 5.74) is -0.0202. The summed E-state index contributed by atoms with van der Waals surface area (Å²) >= 11 is 1.34. The highest BCUT2D eigenvalue weighted by Crippen LogP contribution is 2.15. The average Bonchev–Trinajstić information content (AvgIpc) is 2.90. The fraction of sp³-hybridized carbons (Fsp3) is 0.267. The van der Waals surface area contributed by atoms with Gasteiger partial charge in [0.1, 0.15) is 0 Å². The number of amides is 2. The van der Waals surface area contributed by atoms with Crippen molar-refractivity contribution in [3.05, 3.63) is 41.4 Å². The SMILES string of the molecule is CC(C)(O)CC(=O)Nc1ccc(C(=O)Nc2nccs2)cc1. The first-order chi connectivity index (χ1) is 10.3. The maximum Gasteiger partial charge on any atom is 0.257 e. The van der Waals surface area contributed by atoms with Crippen molar-refractivity contribution in [2.75, 3.05) is 10.6 Å². The number of nitrogens with one attached hydrogen (secondary N) is 2. The second kappa shape index (κ2) is 6.67. The number of aliphatic hydroxyl groups is 1. The first kappa shape index (κ1) is 16.1. The van der Waals surface area contributed by atoms with Gasteiger partial charge in [-0.25, -0.2) is 4.98 Å². The molecule has 7 heteroatoms. The molecule has 6 nitrogen and oxygen atoms in total. The highest BCUT2D eigenvalue weighted by molar-refractivity contribution is 7.13. The van der Waals surface area contributed by atoms with Crippen LogP contribution in [-0.4, -0.2) is 27.5 Å². The molecule has 1 aromatic carbocycles. The van der Waals surface area contributed by atoms with Crippen molar-refractivity contribution < 1.29 is 14.7 Å². The van der Waals surface area contributed by atoms with Gasteiger partial charge in [0.25, 0.3) is 5.91 Å². The number of aromatic nitrogens is 1. The van der Waals surface area contributed by atoms with E-state index in [9.17, 15) is 14.7 Å². The van der Waals surface area contributed by atoms with E-state index in [1.165, 1.54) is 11.3 Å². The van der Waals surface area contributed by atoms with Crippen LogP contribution in [0.2, 0.25) is 0 Å². The fourth-order valence-corrected chi connectivity index (χ4v) is 2.28. The summed E-state index contributed by atoms with van der Waals surface area (Å²) in [6, 6.07) is 6.50. The molecule has 2 aromatic rings. The predicted molar refractivity (Wildman–Crippen MR) is 86.1 cm³/mol. The van der Waals surface area contributed by atoms with E-state index in [1.54, 1.807) is 49.7 Å². The van der Waals surface area contributed by atoms with Gasteiger partial charge in [0.2, 0.25) is 5.91 Å². The van der Waals surface area contributed by atoms with Crippen LogP contribution in [0, 0.1) is 0 Å². The van der Waals surface area contributed by atoms with Gasteiger partial charge in [0.05, 0.1) is 12.0 Å². The molecule has 0 atom stereocenters. The van der Waals surface area contributed by atoms with E-state index in [0.29, 0.717) is 16.4 Å². The molecule has 0 aliphatic heterocycles. The molecule has 2 amide bonds. The number of rotatable bonds is 5. The number of anilines is 2. The Kier molecular flexibility index (Phi) is 4.89. The lowest BCUT2D eigenvalue weighted by molar-refractivity contribution is -0.119. The highest BCUT2D eigenvalue weighted by Gasteiger charge is 2.18. The number of carbonyl (C=O) groups is 2. The third kappa shape index (κ3) is 4.94. The van der Waals surface area contributed by atoms with Crippen molar-refractivity contribution in [2.45, 2.75) is 25.9 Å². The molecule has 0 saturated heterocycles. The van der Waals surface area contributed by atoms with Crippen LogP contribution in [-0.2, 0) is 4.79 Å². The molecular weight excluding hydrogens is 302 g/mol. The van der Waals surface area contributed by atoms with Crippen LogP contribution in [0.5, 0.6) is 0 Å². The van der Waals surface area contributed by atoms with Crippen molar-refractivity contribution >= 4 is 34.0 Å². The van der Waals surface area contributed by atoms with Gasteiger partial charge in [-0.3, -0.25) is 14.9 Å². The minimum atomic E-state index is -1.06. The molecule has 0 aliphatic rings. The molecule has 0 fully saturated rings. The van der Waals surface area contributed by atoms with Crippen molar-refractivity contribution in [3.8, 4) is 0 Å². The van der Waals surface area contributed by atoms with Crippen molar-refractivity contribution in [3.63, 3.8) is 0 Å². The Hall–Kier alpha value is -2.25. The van der Waals surface area contributed by atoms with Crippen molar-refractivity contribution in [1.29, 1.82) is 0 Å². The molecule has 1 aromatic heterocycles. The van der Waals surface area contributed by atoms with E-state index in [0.717, 1.165) is 0 Å². The quantitative estimate of drug-likeness (QED) is 0.789. The number of hydrogen-bond acceptors (Lipinski definition) is 5. The normalized spacial score (nSPS) is 11.0. The average molecular weight is 319 g/mol. The van der Waals surface area contributed by atoms with Crippen LogP contribution < -0.4 is 10.6 Å². The number of thiazole rings is 1. The first-order valence-corrected chi connectivity index (χ1v) is 7.54. The second-order valence-electron chi connectivity index (χ2n) is 5.41. The molecule has 22 heavy (non-hydrogen) atoms. The summed E-state index contributed by atoms with van der Waals surface area (Å²) in [5.74, 6) is -0.545. The Bertz CT molecular complexity index is 646. The van der Waals surface area contributed by atoms with Gasteiger partial charge in [-0.05, 0) is 38.1 Å². The van der Waals surface area contributed by atoms with Gasteiger partial charge in [0, 0.05) is 22.8 Å². The molecule has 0 bridgehead atoms. The smallest absolute Gasteiger partial charge is 0.257 e. The third-order valence-corrected chi connectivity index (χ3v) is 3.37. The highest BCUT2D eigenvalue weighted by atomic mass is 32.1. The minimum absolute atomic E-state index is 0.000710. The maximum atomic E-state index is 12.0. The van der Waals surface area contributed by atoms with Crippen LogP contribution in [0.3, 0.4) is 0 Å². The van der Waals surface area contributed by atoms with E-state index in [4.69, 9.17) is 0 Å². The molecule has 1 heterocycles. The van der Waals surface area contributed by atoms with Crippen LogP contribution in [0.1, 0.15) is 30.6 Å². The van der Waals surface area contributed by atoms with Gasteiger partial charge in [-0.2, -0.15) is 0 Å². The number of nitrogens with zero attached hydrogens (tertiary/aromatic N) is 1. The van der Waals surface area contributed by atoms with Gasteiger partial charge in [-0.15, -0.1) is 11.3 Å². The van der Waals surface area contributed by atoms with Crippen LogP contribution in [0.4, 0.5) is 10.8 Å². The number of carbonyl (C=O) groups excluding carboxylic acids is 2. The lowest BCUT2D eigenvalue weighted by Gasteiger charge is -2.16. The standard InChI is InChI=1S/C15H17N3O3S/c1-15(2,21)9-12(19)17-11-5-3-10(4-6-11)13(20)18-14-16-7-8-22-14/h3-8,21H,9H2,1-2H3,(H,17,19)(H,16,18,20). The second-order valence-corrected chi connectivity index (χ2v) is 6.30. The van der Waals surface area contributed by atoms with Crippen LogP contribution in [0.15, 0.2) is 35.8 Å². The van der Waals surface area contributed by atoms with E-state index in [-0.39, 0.29) is 18.2 Å². The number of benzene rings is 1. The fourth-order valence-electron chi connectivity index (χ4n) is 1.76. The summed E-state index contributed by atoms with van der Waals surface area (Å²) in [5, 5.41) is 17.2. The molecule has 3 N–H and O–H groups in total. The largest absolute Gasteiger partial charge is 0.390 e. The Morgan fingerprint density at radius 2 is 1.91 bits per heavy atom. The zero-order valence-corrected chi connectivity index (χ0v) is 13.1. The minimum Gasteiger partial charge on any atom is -0.390 e.